The molecule has 0 fully saturated rings. The number of rotatable bonds is 9. The van der Waals surface area contributed by atoms with E-state index in [1.165, 1.54) is 6.08 Å². The van der Waals surface area contributed by atoms with Crippen LogP contribution in [-0.2, 0) is 9.59 Å². The average Bonchev–Trinajstić information content (AvgIpc) is 2.20. The fraction of sp³-hybridized carbons (Fsp3) is 0.714. The fourth-order valence-corrected chi connectivity index (χ4v) is 1.91. The molecule has 0 heterocycles. The van der Waals surface area contributed by atoms with Gasteiger partial charge in [0.1, 0.15) is 6.54 Å². The van der Waals surface area contributed by atoms with E-state index in [2.05, 4.69) is 0 Å². The van der Waals surface area contributed by atoms with E-state index < -0.39 is 23.8 Å². The van der Waals surface area contributed by atoms with Gasteiger partial charge in [0.05, 0.1) is 21.1 Å². The van der Waals surface area contributed by atoms with Gasteiger partial charge in [0, 0.05) is 12.4 Å². The quantitative estimate of drug-likeness (QED) is 0.360. The predicted molar refractivity (Wildman–Crippen MR) is 71.1 cm³/mol. The molecule has 0 bridgehead atoms. The Morgan fingerprint density at radius 1 is 1.32 bits per heavy atom. The zero-order valence-corrected chi connectivity index (χ0v) is 12.3. The van der Waals surface area contributed by atoms with Crippen molar-refractivity contribution in [3.05, 3.63) is 12.2 Å². The number of quaternary nitrogens is 1. The highest BCUT2D eigenvalue weighted by Gasteiger charge is 2.39. The first-order valence-electron chi connectivity index (χ1n) is 6.54. The molecule has 0 saturated heterocycles. The molecule has 0 aromatic heterocycles. The number of hydrogen-bond acceptors (Lipinski definition) is 4. The number of carboxylic acid groups (broad SMARTS) is 1. The van der Waals surface area contributed by atoms with Crippen molar-refractivity contribution < 1.29 is 24.3 Å². The van der Waals surface area contributed by atoms with Gasteiger partial charge in [-0.1, -0.05) is 25.8 Å². The van der Waals surface area contributed by atoms with Crippen LogP contribution in [0.2, 0.25) is 0 Å². The monoisotopic (exact) mass is 271 g/mol. The topological polar surface area (TPSA) is 77.4 Å². The third-order valence-corrected chi connectivity index (χ3v) is 2.62. The summed E-state index contributed by atoms with van der Waals surface area (Å²) in [4.78, 5) is 22.7. The zero-order valence-electron chi connectivity index (χ0n) is 12.3. The van der Waals surface area contributed by atoms with Gasteiger partial charge < -0.3 is 19.5 Å². The third kappa shape index (κ3) is 7.74. The molecule has 0 spiro atoms. The summed E-state index contributed by atoms with van der Waals surface area (Å²) in [7, 11) is 5.36. The fourth-order valence-electron chi connectivity index (χ4n) is 1.91. The number of ketones is 1. The van der Waals surface area contributed by atoms with E-state index >= 15 is 0 Å². The third-order valence-electron chi connectivity index (χ3n) is 2.62. The van der Waals surface area contributed by atoms with E-state index in [1.807, 2.05) is 6.92 Å². The van der Waals surface area contributed by atoms with Crippen molar-refractivity contribution in [1.82, 2.24) is 0 Å². The first-order valence-corrected chi connectivity index (χ1v) is 6.54. The molecule has 1 N–H and O–H groups in total. The first-order chi connectivity index (χ1) is 8.60. The summed E-state index contributed by atoms with van der Waals surface area (Å²) in [6.07, 6.45) is 5.00. The van der Waals surface area contributed by atoms with Gasteiger partial charge in [-0.3, -0.25) is 4.79 Å². The molecule has 0 saturated carbocycles. The second-order valence-electron chi connectivity index (χ2n) is 5.94. The zero-order chi connectivity index (χ0) is 15.1. The summed E-state index contributed by atoms with van der Waals surface area (Å²) in [6, 6.07) is 0. The highest BCUT2D eigenvalue weighted by Crippen LogP contribution is 2.16. The van der Waals surface area contributed by atoms with E-state index in [9.17, 15) is 19.8 Å². The van der Waals surface area contributed by atoms with Crippen LogP contribution in [0.3, 0.4) is 0 Å². The van der Waals surface area contributed by atoms with Crippen LogP contribution in [0.25, 0.3) is 0 Å². The second kappa shape index (κ2) is 7.40. The van der Waals surface area contributed by atoms with Gasteiger partial charge in [-0.15, -0.1) is 0 Å². The van der Waals surface area contributed by atoms with Crippen molar-refractivity contribution in [2.45, 2.75) is 38.2 Å². The van der Waals surface area contributed by atoms with E-state index in [-0.39, 0.29) is 6.54 Å². The molecule has 0 aliphatic rings. The largest absolute Gasteiger partial charge is 0.550 e. The first kappa shape index (κ1) is 17.8. The summed E-state index contributed by atoms with van der Waals surface area (Å²) >= 11 is 0. The second-order valence-corrected chi connectivity index (χ2v) is 5.94. The number of allylic oxidation sites excluding steroid dienone is 1. The molecular formula is C14H25NO4. The Balaban J connectivity index is 4.87. The molecule has 0 radical (unpaired) electrons. The predicted octanol–water partition coefficient (Wildman–Crippen LogP) is -0.121. The molecule has 0 aromatic rings. The van der Waals surface area contributed by atoms with Crippen LogP contribution in [-0.4, -0.2) is 54.6 Å². The number of aliphatic hydroxyl groups is 1. The lowest BCUT2D eigenvalue weighted by molar-refractivity contribution is -0.875. The van der Waals surface area contributed by atoms with Crippen LogP contribution < -0.4 is 5.11 Å². The van der Waals surface area contributed by atoms with E-state index in [0.717, 1.165) is 19.3 Å². The molecule has 0 rings (SSSR count). The summed E-state index contributed by atoms with van der Waals surface area (Å²) in [5.74, 6) is -1.99. The van der Waals surface area contributed by atoms with Gasteiger partial charge in [-0.25, -0.2) is 0 Å². The number of carbonyl (C=O) groups excluding carboxylic acids is 2. The average molecular weight is 271 g/mol. The molecule has 1 unspecified atom stereocenters. The maximum absolute atomic E-state index is 12.0. The number of aliphatic carboxylic acids is 1. The Morgan fingerprint density at radius 2 is 1.89 bits per heavy atom. The number of unbranched alkanes of at least 4 members (excludes halogenated alkanes) is 2. The molecule has 0 aliphatic carbocycles. The Bertz CT molecular complexity index is 344. The summed E-state index contributed by atoms with van der Waals surface area (Å²) < 4.78 is 0.290. The molecular weight excluding hydrogens is 246 g/mol. The standard InChI is InChI=1S/C14H25NO4/c1-5-6-7-8-9-12(16)14(19,10-13(17)18)11-15(2,3)4/h8-9,19H,5-7,10-11H2,1-4H3. The number of nitrogens with zero attached hydrogens (tertiary/aromatic N) is 1. The number of hydrogen-bond donors (Lipinski definition) is 1. The van der Waals surface area contributed by atoms with Crippen LogP contribution in [0.4, 0.5) is 0 Å². The van der Waals surface area contributed by atoms with Crippen LogP contribution in [0.1, 0.15) is 32.6 Å². The number of likely N-dealkylation sites (N-methyl/N-ethyl adjacent to an activating group) is 1. The van der Waals surface area contributed by atoms with Crippen molar-refractivity contribution >= 4 is 11.8 Å². The Morgan fingerprint density at radius 3 is 2.32 bits per heavy atom. The van der Waals surface area contributed by atoms with Gasteiger partial charge in [-0.05, 0) is 12.5 Å². The van der Waals surface area contributed by atoms with Gasteiger partial charge >= 0.3 is 0 Å². The van der Waals surface area contributed by atoms with Gasteiger partial charge in [0.2, 0.25) is 0 Å². The smallest absolute Gasteiger partial charge is 0.193 e. The maximum atomic E-state index is 12.0. The molecule has 5 heteroatoms. The minimum atomic E-state index is -1.90. The molecule has 110 valence electrons. The van der Waals surface area contributed by atoms with E-state index in [0.29, 0.717) is 4.48 Å². The van der Waals surface area contributed by atoms with Gasteiger partial charge in [0.15, 0.2) is 11.4 Å². The van der Waals surface area contributed by atoms with Crippen LogP contribution >= 0.6 is 0 Å². The van der Waals surface area contributed by atoms with Crippen molar-refractivity contribution in [3.63, 3.8) is 0 Å². The normalized spacial score (nSPS) is 15.4. The van der Waals surface area contributed by atoms with Crippen molar-refractivity contribution in [2.75, 3.05) is 27.7 Å². The number of carboxylic acids is 1. The molecule has 1 atom stereocenters. The minimum Gasteiger partial charge on any atom is -0.550 e. The Hall–Kier alpha value is -1.20. The SMILES string of the molecule is CCCCC=CC(=O)C(O)(CC(=O)[O-])C[N+](C)(C)C. The lowest BCUT2D eigenvalue weighted by atomic mass is 9.92. The highest BCUT2D eigenvalue weighted by atomic mass is 16.4. The van der Waals surface area contributed by atoms with Crippen molar-refractivity contribution in [2.24, 2.45) is 0 Å². The van der Waals surface area contributed by atoms with E-state index in [4.69, 9.17) is 0 Å². The molecule has 19 heavy (non-hydrogen) atoms. The van der Waals surface area contributed by atoms with Crippen LogP contribution in [0, 0.1) is 0 Å². The Kier molecular flexibility index (Phi) is 6.94. The summed E-state index contributed by atoms with van der Waals surface area (Å²) in [5, 5.41) is 21.0. The van der Waals surface area contributed by atoms with Gasteiger partial charge in [0.25, 0.3) is 0 Å². The Labute approximate surface area is 115 Å². The van der Waals surface area contributed by atoms with Crippen molar-refractivity contribution in [3.8, 4) is 0 Å². The summed E-state index contributed by atoms with van der Waals surface area (Å²) in [5.41, 5.74) is -1.90. The van der Waals surface area contributed by atoms with Crippen LogP contribution in [0.5, 0.6) is 0 Å². The van der Waals surface area contributed by atoms with Crippen molar-refractivity contribution in [1.29, 1.82) is 0 Å². The lowest BCUT2D eigenvalue weighted by Crippen LogP contribution is -2.55. The molecule has 5 nitrogen and oxygen atoms in total. The lowest BCUT2D eigenvalue weighted by Gasteiger charge is -2.34. The van der Waals surface area contributed by atoms with E-state index in [1.54, 1.807) is 27.2 Å². The highest BCUT2D eigenvalue weighted by molar-refractivity contribution is 5.99. The maximum Gasteiger partial charge on any atom is 0.193 e. The molecule has 0 amide bonds. The molecule has 0 aromatic carbocycles. The minimum absolute atomic E-state index is 0.0257. The van der Waals surface area contributed by atoms with Crippen LogP contribution in [0.15, 0.2) is 12.2 Å². The van der Waals surface area contributed by atoms with Gasteiger partial charge in [-0.2, -0.15) is 0 Å². The number of carbonyl (C=O) groups is 2. The molecule has 0 aliphatic heterocycles. The summed E-state index contributed by atoms with van der Waals surface area (Å²) in [6.45, 7) is 2.07.